The number of hydrogen-bond donors (Lipinski definition) is 0. The first-order chi connectivity index (χ1) is 7.43. The minimum absolute atomic E-state index is 0.138. The summed E-state index contributed by atoms with van der Waals surface area (Å²) in [4.78, 5) is 11.8. The molecule has 1 aliphatic rings. The van der Waals surface area contributed by atoms with Crippen molar-refractivity contribution >= 4 is 5.78 Å². The number of hydrogen-bond acceptors (Lipinski definition) is 1. The summed E-state index contributed by atoms with van der Waals surface area (Å²) >= 11 is 0. The van der Waals surface area contributed by atoms with Crippen molar-refractivity contribution in [1.82, 2.24) is 0 Å². The molecule has 1 nitrogen and oxygen atoms in total. The fourth-order valence-corrected chi connectivity index (χ4v) is 2.64. The SMILES string of the molecule is CCC1CCC(CCC(=O)C(C)(C)C)CC1. The van der Waals surface area contributed by atoms with Crippen molar-refractivity contribution in [3.63, 3.8) is 0 Å². The van der Waals surface area contributed by atoms with E-state index in [1.807, 2.05) is 20.8 Å². The van der Waals surface area contributed by atoms with Crippen LogP contribution in [0.2, 0.25) is 0 Å². The molecule has 1 fully saturated rings. The van der Waals surface area contributed by atoms with Gasteiger partial charge in [0.15, 0.2) is 0 Å². The lowest BCUT2D eigenvalue weighted by atomic mass is 9.77. The molecule has 0 bridgehead atoms. The van der Waals surface area contributed by atoms with E-state index in [9.17, 15) is 4.79 Å². The Morgan fingerprint density at radius 3 is 2.00 bits per heavy atom. The number of ketones is 1. The predicted octanol–water partition coefficient (Wildman–Crippen LogP) is 4.60. The number of Topliss-reactive ketones (excluding diaryl/α,β-unsaturated/α-hetero) is 1. The minimum Gasteiger partial charge on any atom is -0.299 e. The summed E-state index contributed by atoms with van der Waals surface area (Å²) in [5.41, 5.74) is -0.138. The molecule has 1 saturated carbocycles. The predicted molar refractivity (Wildman–Crippen MR) is 69.4 cm³/mol. The Morgan fingerprint density at radius 1 is 1.06 bits per heavy atom. The summed E-state index contributed by atoms with van der Waals surface area (Å²) in [5, 5.41) is 0. The Hall–Kier alpha value is -0.330. The first-order valence-electron chi connectivity index (χ1n) is 6.96. The van der Waals surface area contributed by atoms with Crippen LogP contribution in [0.25, 0.3) is 0 Å². The van der Waals surface area contributed by atoms with Gasteiger partial charge in [-0.15, -0.1) is 0 Å². The van der Waals surface area contributed by atoms with Crippen molar-refractivity contribution < 1.29 is 4.79 Å². The van der Waals surface area contributed by atoms with E-state index >= 15 is 0 Å². The molecule has 0 amide bonds. The van der Waals surface area contributed by atoms with E-state index in [1.165, 1.54) is 32.1 Å². The van der Waals surface area contributed by atoms with Crippen molar-refractivity contribution in [3.8, 4) is 0 Å². The van der Waals surface area contributed by atoms with E-state index in [1.54, 1.807) is 0 Å². The van der Waals surface area contributed by atoms with Gasteiger partial charge in [-0.1, -0.05) is 59.8 Å². The molecule has 1 aliphatic carbocycles. The Labute approximate surface area is 101 Å². The highest BCUT2D eigenvalue weighted by Gasteiger charge is 2.24. The lowest BCUT2D eigenvalue weighted by Gasteiger charge is -2.28. The third-order valence-corrected chi connectivity index (χ3v) is 4.16. The largest absolute Gasteiger partial charge is 0.299 e. The van der Waals surface area contributed by atoms with Crippen LogP contribution in [0.4, 0.5) is 0 Å². The number of rotatable bonds is 4. The van der Waals surface area contributed by atoms with Gasteiger partial charge in [-0.2, -0.15) is 0 Å². The second-order valence-corrected chi connectivity index (χ2v) is 6.51. The third kappa shape index (κ3) is 4.27. The van der Waals surface area contributed by atoms with E-state index in [4.69, 9.17) is 0 Å². The standard InChI is InChI=1S/C15H28O/c1-5-12-6-8-13(9-7-12)10-11-14(16)15(2,3)4/h12-13H,5-11H2,1-4H3. The maximum atomic E-state index is 11.8. The normalized spacial score (nSPS) is 26.8. The van der Waals surface area contributed by atoms with Crippen LogP contribution in [0.3, 0.4) is 0 Å². The van der Waals surface area contributed by atoms with Gasteiger partial charge < -0.3 is 0 Å². The molecule has 1 rings (SSSR count). The average molecular weight is 224 g/mol. The first-order valence-corrected chi connectivity index (χ1v) is 6.96. The van der Waals surface area contributed by atoms with Gasteiger partial charge in [0.05, 0.1) is 0 Å². The second kappa shape index (κ2) is 5.84. The zero-order chi connectivity index (χ0) is 12.2. The summed E-state index contributed by atoms with van der Waals surface area (Å²) < 4.78 is 0. The average Bonchev–Trinajstić information content (AvgIpc) is 2.25. The van der Waals surface area contributed by atoms with Crippen LogP contribution in [-0.4, -0.2) is 5.78 Å². The van der Waals surface area contributed by atoms with Crippen LogP contribution in [0, 0.1) is 17.3 Å². The highest BCUT2D eigenvalue weighted by Crippen LogP contribution is 2.33. The minimum atomic E-state index is -0.138. The maximum absolute atomic E-state index is 11.8. The summed E-state index contributed by atoms with van der Waals surface area (Å²) in [6.45, 7) is 8.39. The van der Waals surface area contributed by atoms with Gasteiger partial charge in [0.25, 0.3) is 0 Å². The van der Waals surface area contributed by atoms with Gasteiger partial charge in [0.1, 0.15) is 5.78 Å². The highest BCUT2D eigenvalue weighted by molar-refractivity contribution is 5.83. The number of carbonyl (C=O) groups is 1. The van der Waals surface area contributed by atoms with Crippen molar-refractivity contribution in [2.45, 2.75) is 72.6 Å². The van der Waals surface area contributed by atoms with E-state index in [0.29, 0.717) is 5.78 Å². The van der Waals surface area contributed by atoms with Crippen molar-refractivity contribution in [2.75, 3.05) is 0 Å². The molecule has 0 saturated heterocycles. The Morgan fingerprint density at radius 2 is 1.56 bits per heavy atom. The topological polar surface area (TPSA) is 17.1 Å². The molecule has 0 aromatic rings. The molecule has 0 radical (unpaired) electrons. The summed E-state index contributed by atoms with van der Waals surface area (Å²) in [6.07, 6.45) is 8.77. The van der Waals surface area contributed by atoms with Gasteiger partial charge in [-0.3, -0.25) is 4.79 Å². The molecule has 0 unspecified atom stereocenters. The Bertz CT molecular complexity index is 216. The summed E-state index contributed by atoms with van der Waals surface area (Å²) in [7, 11) is 0. The van der Waals surface area contributed by atoms with Crippen molar-refractivity contribution in [1.29, 1.82) is 0 Å². The monoisotopic (exact) mass is 224 g/mol. The molecule has 0 heterocycles. The lowest BCUT2D eigenvalue weighted by Crippen LogP contribution is -2.22. The van der Waals surface area contributed by atoms with Crippen LogP contribution in [-0.2, 0) is 4.79 Å². The van der Waals surface area contributed by atoms with E-state index in [-0.39, 0.29) is 5.41 Å². The fourth-order valence-electron chi connectivity index (χ4n) is 2.64. The quantitative estimate of drug-likeness (QED) is 0.682. The van der Waals surface area contributed by atoms with E-state index < -0.39 is 0 Å². The molecule has 0 aromatic carbocycles. The van der Waals surface area contributed by atoms with Crippen LogP contribution >= 0.6 is 0 Å². The molecule has 0 aliphatic heterocycles. The van der Waals surface area contributed by atoms with Crippen LogP contribution in [0.15, 0.2) is 0 Å². The highest BCUT2D eigenvalue weighted by atomic mass is 16.1. The molecular weight excluding hydrogens is 196 g/mol. The zero-order valence-corrected chi connectivity index (χ0v) is 11.5. The van der Waals surface area contributed by atoms with E-state index in [0.717, 1.165) is 24.7 Å². The Kier molecular flexibility index (Phi) is 5.01. The molecule has 0 spiro atoms. The second-order valence-electron chi connectivity index (χ2n) is 6.51. The summed E-state index contributed by atoms with van der Waals surface area (Å²) in [6, 6.07) is 0. The lowest BCUT2D eigenvalue weighted by molar-refractivity contribution is -0.126. The van der Waals surface area contributed by atoms with Crippen LogP contribution in [0.5, 0.6) is 0 Å². The molecular formula is C15H28O. The zero-order valence-electron chi connectivity index (χ0n) is 11.5. The smallest absolute Gasteiger partial charge is 0.138 e. The molecule has 94 valence electrons. The van der Waals surface area contributed by atoms with Gasteiger partial charge in [0.2, 0.25) is 0 Å². The molecule has 0 atom stereocenters. The van der Waals surface area contributed by atoms with E-state index in [2.05, 4.69) is 6.92 Å². The molecule has 0 N–H and O–H groups in total. The van der Waals surface area contributed by atoms with Gasteiger partial charge in [-0.05, 0) is 18.3 Å². The van der Waals surface area contributed by atoms with Crippen molar-refractivity contribution in [3.05, 3.63) is 0 Å². The number of carbonyl (C=O) groups excluding carboxylic acids is 1. The maximum Gasteiger partial charge on any atom is 0.138 e. The molecule has 16 heavy (non-hydrogen) atoms. The molecule has 0 aromatic heterocycles. The molecule has 1 heteroatoms. The van der Waals surface area contributed by atoms with Crippen LogP contribution < -0.4 is 0 Å². The summed E-state index contributed by atoms with van der Waals surface area (Å²) in [5.74, 6) is 2.23. The van der Waals surface area contributed by atoms with Crippen LogP contribution in [0.1, 0.15) is 72.6 Å². The van der Waals surface area contributed by atoms with Crippen molar-refractivity contribution in [2.24, 2.45) is 17.3 Å². The third-order valence-electron chi connectivity index (χ3n) is 4.16. The van der Waals surface area contributed by atoms with Gasteiger partial charge in [0, 0.05) is 11.8 Å². The van der Waals surface area contributed by atoms with Gasteiger partial charge >= 0.3 is 0 Å². The van der Waals surface area contributed by atoms with Gasteiger partial charge in [-0.25, -0.2) is 0 Å². The first kappa shape index (κ1) is 13.7. The fraction of sp³-hybridized carbons (Fsp3) is 0.933. The Balaban J connectivity index is 2.22.